The van der Waals surface area contributed by atoms with Gasteiger partial charge < -0.3 is 10.5 Å². The topological polar surface area (TPSA) is 35.2 Å². The van der Waals surface area contributed by atoms with E-state index in [4.69, 9.17) is 10.5 Å². The Balaban J connectivity index is 1.96. The standard InChI is InChI=1S/C11H13FINO/c12-8-5-11(10(14)6-9(8)13)15-4-3-7-1-2-7/h5-7H,1-4,14H2. The lowest BCUT2D eigenvalue weighted by Crippen LogP contribution is -2.02. The summed E-state index contributed by atoms with van der Waals surface area (Å²) in [7, 11) is 0. The fourth-order valence-corrected chi connectivity index (χ4v) is 1.90. The van der Waals surface area contributed by atoms with Crippen molar-refractivity contribution in [2.45, 2.75) is 19.3 Å². The molecule has 2 rings (SSSR count). The summed E-state index contributed by atoms with van der Waals surface area (Å²) in [6.45, 7) is 0.634. The third-order valence-electron chi connectivity index (χ3n) is 2.53. The van der Waals surface area contributed by atoms with E-state index in [2.05, 4.69) is 0 Å². The Kier molecular flexibility index (Phi) is 3.33. The van der Waals surface area contributed by atoms with Crippen molar-refractivity contribution in [1.29, 1.82) is 0 Å². The number of rotatable bonds is 4. The van der Waals surface area contributed by atoms with Gasteiger partial charge in [-0.1, -0.05) is 12.8 Å². The zero-order valence-corrected chi connectivity index (χ0v) is 10.5. The van der Waals surface area contributed by atoms with Gasteiger partial charge in [-0.05, 0) is 41.0 Å². The number of nitrogens with two attached hydrogens (primary N) is 1. The highest BCUT2D eigenvalue weighted by Gasteiger charge is 2.20. The smallest absolute Gasteiger partial charge is 0.145 e. The normalized spacial score (nSPS) is 15.3. The minimum Gasteiger partial charge on any atom is -0.491 e. The molecule has 0 amide bonds. The summed E-state index contributed by atoms with van der Waals surface area (Å²) >= 11 is 1.91. The summed E-state index contributed by atoms with van der Waals surface area (Å²) < 4.78 is 19.2. The predicted molar refractivity (Wildman–Crippen MR) is 66.4 cm³/mol. The van der Waals surface area contributed by atoms with Crippen molar-refractivity contribution in [2.75, 3.05) is 12.3 Å². The molecule has 0 unspecified atom stereocenters. The van der Waals surface area contributed by atoms with Gasteiger partial charge in [-0.15, -0.1) is 0 Å². The summed E-state index contributed by atoms with van der Waals surface area (Å²) in [5.41, 5.74) is 6.24. The maximum absolute atomic E-state index is 13.2. The Morgan fingerprint density at radius 2 is 2.20 bits per heavy atom. The van der Waals surface area contributed by atoms with E-state index in [1.807, 2.05) is 22.6 Å². The molecule has 0 aromatic heterocycles. The maximum Gasteiger partial charge on any atom is 0.145 e. The maximum atomic E-state index is 13.2. The first kappa shape index (κ1) is 11.0. The van der Waals surface area contributed by atoms with Crippen molar-refractivity contribution >= 4 is 28.3 Å². The van der Waals surface area contributed by atoms with Crippen molar-refractivity contribution < 1.29 is 9.13 Å². The summed E-state index contributed by atoms with van der Waals surface area (Å²) in [6, 6.07) is 2.96. The van der Waals surface area contributed by atoms with Gasteiger partial charge >= 0.3 is 0 Å². The van der Waals surface area contributed by atoms with Crippen molar-refractivity contribution in [3.8, 4) is 5.75 Å². The first-order valence-corrected chi connectivity index (χ1v) is 6.12. The molecule has 0 radical (unpaired) electrons. The van der Waals surface area contributed by atoms with Crippen LogP contribution in [-0.4, -0.2) is 6.61 Å². The SMILES string of the molecule is Nc1cc(I)c(F)cc1OCCC1CC1. The van der Waals surface area contributed by atoms with E-state index in [0.29, 0.717) is 21.6 Å². The van der Waals surface area contributed by atoms with Crippen LogP contribution < -0.4 is 10.5 Å². The quantitative estimate of drug-likeness (QED) is 0.683. The Hall–Kier alpha value is -0.520. The van der Waals surface area contributed by atoms with E-state index in [1.165, 1.54) is 18.9 Å². The van der Waals surface area contributed by atoms with Gasteiger partial charge in [-0.3, -0.25) is 0 Å². The molecule has 1 aromatic carbocycles. The number of nitrogen functional groups attached to an aromatic ring is 1. The van der Waals surface area contributed by atoms with Crippen LogP contribution in [0.5, 0.6) is 5.75 Å². The Morgan fingerprint density at radius 3 is 2.87 bits per heavy atom. The molecule has 15 heavy (non-hydrogen) atoms. The second-order valence-electron chi connectivity index (χ2n) is 3.88. The lowest BCUT2D eigenvalue weighted by molar-refractivity contribution is 0.302. The summed E-state index contributed by atoms with van der Waals surface area (Å²) in [6.07, 6.45) is 3.66. The van der Waals surface area contributed by atoms with Gasteiger partial charge in [0.1, 0.15) is 11.6 Å². The van der Waals surface area contributed by atoms with Crippen LogP contribution in [-0.2, 0) is 0 Å². The molecule has 0 saturated heterocycles. The van der Waals surface area contributed by atoms with Crippen LogP contribution in [0.4, 0.5) is 10.1 Å². The molecule has 1 saturated carbocycles. The van der Waals surface area contributed by atoms with E-state index >= 15 is 0 Å². The zero-order valence-electron chi connectivity index (χ0n) is 8.30. The van der Waals surface area contributed by atoms with Gasteiger partial charge in [-0.25, -0.2) is 4.39 Å². The number of hydrogen-bond donors (Lipinski definition) is 1. The summed E-state index contributed by atoms with van der Waals surface area (Å²) in [5, 5.41) is 0. The average molecular weight is 321 g/mol. The summed E-state index contributed by atoms with van der Waals surface area (Å²) in [4.78, 5) is 0. The molecular formula is C11H13FINO. The number of benzene rings is 1. The Labute approximate surface area is 102 Å². The van der Waals surface area contributed by atoms with Gasteiger partial charge in [0.2, 0.25) is 0 Å². The Bertz CT molecular complexity index is 366. The van der Waals surface area contributed by atoms with Crippen LogP contribution in [0.3, 0.4) is 0 Å². The monoisotopic (exact) mass is 321 g/mol. The molecule has 1 aliphatic rings. The minimum absolute atomic E-state index is 0.272. The lowest BCUT2D eigenvalue weighted by atomic mass is 10.3. The molecule has 0 spiro atoms. The molecule has 2 nitrogen and oxygen atoms in total. The number of halogens is 2. The first-order valence-electron chi connectivity index (χ1n) is 5.04. The van der Waals surface area contributed by atoms with Crippen LogP contribution in [0.25, 0.3) is 0 Å². The van der Waals surface area contributed by atoms with E-state index in [-0.39, 0.29) is 5.82 Å². The molecule has 2 N–H and O–H groups in total. The van der Waals surface area contributed by atoms with E-state index < -0.39 is 0 Å². The van der Waals surface area contributed by atoms with Crippen molar-refractivity contribution in [3.63, 3.8) is 0 Å². The molecule has 82 valence electrons. The second-order valence-corrected chi connectivity index (χ2v) is 5.05. The first-order chi connectivity index (χ1) is 7.16. The number of anilines is 1. The molecule has 4 heteroatoms. The predicted octanol–water partition coefficient (Wildman–Crippen LogP) is 3.19. The van der Waals surface area contributed by atoms with Crippen molar-refractivity contribution in [1.82, 2.24) is 0 Å². The highest BCUT2D eigenvalue weighted by Crippen LogP contribution is 2.33. The van der Waals surface area contributed by atoms with Crippen LogP contribution >= 0.6 is 22.6 Å². The van der Waals surface area contributed by atoms with Crippen LogP contribution in [0, 0.1) is 15.3 Å². The minimum atomic E-state index is -0.272. The molecule has 1 aromatic rings. The van der Waals surface area contributed by atoms with Gasteiger partial charge in [0, 0.05) is 6.07 Å². The van der Waals surface area contributed by atoms with E-state index in [1.54, 1.807) is 6.07 Å². The molecule has 0 heterocycles. The lowest BCUT2D eigenvalue weighted by Gasteiger charge is -2.09. The largest absolute Gasteiger partial charge is 0.491 e. The van der Waals surface area contributed by atoms with Gasteiger partial charge in [0.25, 0.3) is 0 Å². The molecule has 1 fully saturated rings. The number of ether oxygens (including phenoxy) is 1. The highest BCUT2D eigenvalue weighted by atomic mass is 127. The van der Waals surface area contributed by atoms with Crippen molar-refractivity contribution in [3.05, 3.63) is 21.5 Å². The van der Waals surface area contributed by atoms with Crippen molar-refractivity contribution in [2.24, 2.45) is 5.92 Å². The average Bonchev–Trinajstić information content (AvgIpc) is 2.97. The van der Waals surface area contributed by atoms with Crippen LogP contribution in [0.15, 0.2) is 12.1 Å². The zero-order chi connectivity index (χ0) is 10.8. The van der Waals surface area contributed by atoms with Crippen LogP contribution in [0.2, 0.25) is 0 Å². The third kappa shape index (κ3) is 2.96. The molecule has 0 aliphatic heterocycles. The van der Waals surface area contributed by atoms with Gasteiger partial charge in [-0.2, -0.15) is 0 Å². The third-order valence-corrected chi connectivity index (χ3v) is 3.36. The molecule has 0 atom stereocenters. The van der Waals surface area contributed by atoms with E-state index in [0.717, 1.165) is 12.3 Å². The summed E-state index contributed by atoms with van der Waals surface area (Å²) in [5.74, 6) is 1.01. The Morgan fingerprint density at radius 1 is 1.47 bits per heavy atom. The van der Waals surface area contributed by atoms with Crippen LogP contribution in [0.1, 0.15) is 19.3 Å². The van der Waals surface area contributed by atoms with Gasteiger partial charge in [0.05, 0.1) is 15.9 Å². The fourth-order valence-electron chi connectivity index (χ4n) is 1.41. The molecular weight excluding hydrogens is 308 g/mol. The van der Waals surface area contributed by atoms with E-state index in [9.17, 15) is 4.39 Å². The fraction of sp³-hybridized carbons (Fsp3) is 0.455. The second kappa shape index (κ2) is 4.55. The molecule has 1 aliphatic carbocycles. The number of hydrogen-bond acceptors (Lipinski definition) is 2. The highest BCUT2D eigenvalue weighted by molar-refractivity contribution is 14.1. The molecule has 0 bridgehead atoms. The van der Waals surface area contributed by atoms with Gasteiger partial charge in [0.15, 0.2) is 0 Å².